The van der Waals surface area contributed by atoms with E-state index in [9.17, 15) is 9.90 Å². The lowest BCUT2D eigenvalue weighted by molar-refractivity contribution is 0.0980. The van der Waals surface area contributed by atoms with E-state index in [-0.39, 0.29) is 17.0 Å². The summed E-state index contributed by atoms with van der Waals surface area (Å²) >= 11 is -0.289. The molecule has 3 rings (SSSR count). The summed E-state index contributed by atoms with van der Waals surface area (Å²) in [6, 6.07) is 17.6. The SMILES string of the molecule is O=C1N[S+](CC(O)Cc2ccccc2)Cc2ccccc21. The zero-order chi connectivity index (χ0) is 14.7. The molecular formula is C17H18NO2S+. The van der Waals surface area contributed by atoms with Crippen LogP contribution in [-0.4, -0.2) is 22.9 Å². The van der Waals surface area contributed by atoms with Crippen LogP contribution in [0.4, 0.5) is 0 Å². The van der Waals surface area contributed by atoms with Crippen molar-refractivity contribution >= 4 is 17.0 Å². The summed E-state index contributed by atoms with van der Waals surface area (Å²) in [4.78, 5) is 12.0. The number of nitrogens with one attached hydrogen (secondary N) is 1. The molecule has 2 atom stereocenters. The molecule has 21 heavy (non-hydrogen) atoms. The molecule has 1 amide bonds. The number of fused-ring (bicyclic) bond motifs is 1. The van der Waals surface area contributed by atoms with Crippen LogP contribution in [0.2, 0.25) is 0 Å². The van der Waals surface area contributed by atoms with Crippen LogP contribution >= 0.6 is 0 Å². The summed E-state index contributed by atoms with van der Waals surface area (Å²) in [7, 11) is 0. The minimum atomic E-state index is -0.429. The second kappa shape index (κ2) is 6.33. The second-order valence-corrected chi connectivity index (χ2v) is 7.05. The third-order valence-corrected chi connectivity index (χ3v) is 5.46. The normalized spacial score (nSPS) is 18.7. The summed E-state index contributed by atoms with van der Waals surface area (Å²) < 4.78 is 3.02. The molecule has 3 nitrogen and oxygen atoms in total. The molecule has 0 spiro atoms. The number of aliphatic hydroxyl groups is 1. The first-order valence-electron chi connectivity index (χ1n) is 7.01. The van der Waals surface area contributed by atoms with Crippen molar-refractivity contribution in [3.63, 3.8) is 0 Å². The van der Waals surface area contributed by atoms with E-state index in [1.807, 2.05) is 54.6 Å². The molecule has 0 aliphatic carbocycles. The lowest BCUT2D eigenvalue weighted by Gasteiger charge is -2.19. The molecule has 0 fully saturated rings. The summed E-state index contributed by atoms with van der Waals surface area (Å²) in [6.07, 6.45) is 0.197. The van der Waals surface area contributed by atoms with E-state index >= 15 is 0 Å². The summed E-state index contributed by atoms with van der Waals surface area (Å²) in [6.45, 7) is 0. The number of carbonyl (C=O) groups excluding carboxylic acids is 1. The fourth-order valence-corrected chi connectivity index (χ4v) is 4.41. The van der Waals surface area contributed by atoms with Crippen molar-refractivity contribution < 1.29 is 9.90 Å². The maximum Gasteiger partial charge on any atom is 0.292 e. The minimum absolute atomic E-state index is 0.0212. The van der Waals surface area contributed by atoms with Crippen LogP contribution in [-0.2, 0) is 23.3 Å². The molecule has 1 aliphatic heterocycles. The number of amides is 1. The highest BCUT2D eigenvalue weighted by molar-refractivity contribution is 7.94. The van der Waals surface area contributed by atoms with Crippen molar-refractivity contribution in [2.24, 2.45) is 0 Å². The Morgan fingerprint density at radius 1 is 1.10 bits per heavy atom. The zero-order valence-corrected chi connectivity index (χ0v) is 12.5. The van der Waals surface area contributed by atoms with E-state index < -0.39 is 6.10 Å². The van der Waals surface area contributed by atoms with Crippen LogP contribution in [0.15, 0.2) is 54.6 Å². The number of carbonyl (C=O) groups is 1. The molecule has 108 valence electrons. The van der Waals surface area contributed by atoms with E-state index in [4.69, 9.17) is 0 Å². The van der Waals surface area contributed by atoms with Gasteiger partial charge in [0.05, 0.1) is 5.56 Å². The third kappa shape index (κ3) is 3.46. The van der Waals surface area contributed by atoms with E-state index in [2.05, 4.69) is 4.72 Å². The van der Waals surface area contributed by atoms with Crippen LogP contribution in [0.5, 0.6) is 0 Å². The standard InChI is InChI=1S/C17H17NO2S/c19-15(10-13-6-2-1-3-7-13)12-21-11-14-8-4-5-9-16(14)17(20)18-21/h1-9,15,19H,10-12H2/p+1. The van der Waals surface area contributed by atoms with E-state index in [0.29, 0.717) is 12.2 Å². The minimum Gasteiger partial charge on any atom is -0.388 e. The maximum atomic E-state index is 12.0. The van der Waals surface area contributed by atoms with Gasteiger partial charge in [-0.15, -0.1) is 0 Å². The van der Waals surface area contributed by atoms with Crippen LogP contribution < -0.4 is 4.72 Å². The molecule has 0 aromatic heterocycles. The van der Waals surface area contributed by atoms with Crippen molar-refractivity contribution in [2.45, 2.75) is 18.3 Å². The number of benzene rings is 2. The molecule has 1 heterocycles. The van der Waals surface area contributed by atoms with Crippen LogP contribution in [0.3, 0.4) is 0 Å². The van der Waals surface area contributed by atoms with Gasteiger partial charge in [-0.1, -0.05) is 48.5 Å². The zero-order valence-electron chi connectivity index (χ0n) is 11.7. The number of rotatable bonds is 4. The summed E-state index contributed by atoms with van der Waals surface area (Å²) in [5, 5.41) is 10.2. The Kier molecular flexibility index (Phi) is 4.27. The lowest BCUT2D eigenvalue weighted by atomic mass is 10.1. The van der Waals surface area contributed by atoms with Crippen LogP contribution in [0, 0.1) is 0 Å². The largest absolute Gasteiger partial charge is 0.388 e. The van der Waals surface area contributed by atoms with Gasteiger partial charge in [0.25, 0.3) is 5.91 Å². The Morgan fingerprint density at radius 3 is 2.62 bits per heavy atom. The van der Waals surface area contributed by atoms with E-state index in [1.165, 1.54) is 0 Å². The molecule has 0 saturated carbocycles. The van der Waals surface area contributed by atoms with Crippen molar-refractivity contribution in [3.8, 4) is 0 Å². The van der Waals surface area contributed by atoms with E-state index in [0.717, 1.165) is 22.4 Å². The Bertz CT molecular complexity index is 630. The van der Waals surface area contributed by atoms with Crippen molar-refractivity contribution in [2.75, 3.05) is 5.75 Å². The van der Waals surface area contributed by atoms with Gasteiger partial charge >= 0.3 is 0 Å². The highest BCUT2D eigenvalue weighted by Crippen LogP contribution is 2.19. The summed E-state index contributed by atoms with van der Waals surface area (Å²) in [5.41, 5.74) is 2.97. The third-order valence-electron chi connectivity index (χ3n) is 3.54. The van der Waals surface area contributed by atoms with Crippen LogP contribution in [0.25, 0.3) is 0 Å². The van der Waals surface area contributed by atoms with Crippen molar-refractivity contribution in [3.05, 3.63) is 71.3 Å². The molecule has 2 aromatic carbocycles. The predicted molar refractivity (Wildman–Crippen MR) is 86.0 cm³/mol. The van der Waals surface area contributed by atoms with Crippen molar-refractivity contribution in [1.29, 1.82) is 0 Å². The predicted octanol–water partition coefficient (Wildman–Crippen LogP) is 2.07. The van der Waals surface area contributed by atoms with Gasteiger partial charge in [0.2, 0.25) is 0 Å². The highest BCUT2D eigenvalue weighted by Gasteiger charge is 2.33. The molecule has 2 aromatic rings. The molecule has 0 radical (unpaired) electrons. The van der Waals surface area contributed by atoms with E-state index in [1.54, 1.807) is 0 Å². The number of hydrogen-bond acceptors (Lipinski definition) is 2. The Labute approximate surface area is 127 Å². The topological polar surface area (TPSA) is 49.3 Å². The second-order valence-electron chi connectivity index (χ2n) is 5.24. The van der Waals surface area contributed by atoms with Gasteiger partial charge in [-0.25, -0.2) is 0 Å². The first-order valence-corrected chi connectivity index (χ1v) is 8.57. The molecule has 0 saturated heterocycles. The first kappa shape index (κ1) is 14.2. The Hall–Kier alpha value is -1.78. The van der Waals surface area contributed by atoms with Gasteiger partial charge in [-0.3, -0.25) is 4.79 Å². The molecule has 1 aliphatic rings. The molecule has 0 bridgehead atoms. The number of hydrogen-bond donors (Lipinski definition) is 2. The summed E-state index contributed by atoms with van der Waals surface area (Å²) in [5.74, 6) is 1.40. The smallest absolute Gasteiger partial charge is 0.292 e. The fraction of sp³-hybridized carbons (Fsp3) is 0.235. The average Bonchev–Trinajstić information content (AvgIpc) is 2.48. The molecule has 2 unspecified atom stereocenters. The quantitative estimate of drug-likeness (QED) is 0.849. The Balaban J connectivity index is 1.63. The first-order chi connectivity index (χ1) is 10.2. The molecular weight excluding hydrogens is 282 g/mol. The van der Waals surface area contributed by atoms with Gasteiger partial charge in [0.1, 0.15) is 17.2 Å². The van der Waals surface area contributed by atoms with Crippen LogP contribution in [0.1, 0.15) is 21.5 Å². The van der Waals surface area contributed by atoms with Gasteiger partial charge in [0.15, 0.2) is 11.5 Å². The highest BCUT2D eigenvalue weighted by atomic mass is 32.2. The monoisotopic (exact) mass is 300 g/mol. The van der Waals surface area contributed by atoms with Gasteiger partial charge in [0, 0.05) is 12.0 Å². The fourth-order valence-electron chi connectivity index (χ4n) is 2.56. The van der Waals surface area contributed by atoms with Gasteiger partial charge in [-0.05, 0) is 11.6 Å². The molecule has 2 N–H and O–H groups in total. The lowest BCUT2D eigenvalue weighted by Crippen LogP contribution is -2.42. The Morgan fingerprint density at radius 2 is 1.81 bits per heavy atom. The average molecular weight is 300 g/mol. The van der Waals surface area contributed by atoms with Gasteiger partial charge in [-0.2, -0.15) is 4.72 Å². The molecule has 4 heteroatoms. The van der Waals surface area contributed by atoms with Crippen molar-refractivity contribution in [1.82, 2.24) is 4.72 Å². The maximum absolute atomic E-state index is 12.0. The van der Waals surface area contributed by atoms with Gasteiger partial charge < -0.3 is 5.11 Å². The number of aliphatic hydroxyl groups excluding tert-OH is 1.